The fourth-order valence-corrected chi connectivity index (χ4v) is 1.97. The molecule has 2 aromatic rings. The number of aryl methyl sites for hydroxylation is 1. The molecule has 0 saturated carbocycles. The Balaban J connectivity index is 1.99. The second-order valence-electron chi connectivity index (χ2n) is 2.91. The number of hydrogen-bond acceptors (Lipinski definition) is 3. The first kappa shape index (κ1) is 9.27. The normalized spacial score (nSPS) is 10.4. The van der Waals surface area contributed by atoms with Crippen LogP contribution < -0.4 is 0 Å². The third kappa shape index (κ3) is 2.14. The van der Waals surface area contributed by atoms with Gasteiger partial charge in [0.2, 0.25) is 0 Å². The van der Waals surface area contributed by atoms with Crippen molar-refractivity contribution < 1.29 is 0 Å². The quantitative estimate of drug-likeness (QED) is 0.719. The number of nitrogens with zero attached hydrogens (tertiary/aromatic N) is 3. The lowest BCUT2D eigenvalue weighted by molar-refractivity contribution is 0.848. The summed E-state index contributed by atoms with van der Waals surface area (Å²) in [6.07, 6.45) is 5.57. The van der Waals surface area contributed by atoms with Crippen LogP contribution in [-0.2, 0) is 12.8 Å². The Morgan fingerprint density at radius 1 is 1.29 bits per heavy atom. The zero-order valence-corrected chi connectivity index (χ0v) is 8.74. The molecule has 2 aromatic heterocycles. The van der Waals surface area contributed by atoms with E-state index in [9.17, 15) is 0 Å². The van der Waals surface area contributed by atoms with Gasteiger partial charge in [-0.05, 0) is 12.1 Å². The molecule has 2 rings (SSSR count). The van der Waals surface area contributed by atoms with Gasteiger partial charge in [0.25, 0.3) is 0 Å². The lowest BCUT2D eigenvalue weighted by atomic mass is 10.5. The number of imidazole rings is 1. The van der Waals surface area contributed by atoms with Crippen molar-refractivity contribution in [2.45, 2.75) is 10.8 Å². The second-order valence-corrected chi connectivity index (χ2v) is 3.91. The van der Waals surface area contributed by atoms with Crippen LogP contribution in [0.2, 0.25) is 0 Å². The molecule has 0 amide bonds. The van der Waals surface area contributed by atoms with Crippen LogP contribution in [0.3, 0.4) is 0 Å². The molecule has 14 heavy (non-hydrogen) atoms. The van der Waals surface area contributed by atoms with Crippen molar-refractivity contribution in [2.24, 2.45) is 7.05 Å². The standard InChI is InChI=1S/C10H11N3S/c1-13-7-6-11-9(13)8-14-10-4-2-3-5-12-10/h2-7H,8H2,1H3. The summed E-state index contributed by atoms with van der Waals surface area (Å²) in [5.41, 5.74) is 0. The maximum absolute atomic E-state index is 4.25. The van der Waals surface area contributed by atoms with E-state index in [4.69, 9.17) is 0 Å². The van der Waals surface area contributed by atoms with E-state index in [1.807, 2.05) is 42.2 Å². The van der Waals surface area contributed by atoms with Crippen molar-refractivity contribution in [1.82, 2.24) is 14.5 Å². The Morgan fingerprint density at radius 3 is 2.86 bits per heavy atom. The summed E-state index contributed by atoms with van der Waals surface area (Å²) in [7, 11) is 2.00. The lowest BCUT2D eigenvalue weighted by Gasteiger charge is -2.00. The highest BCUT2D eigenvalue weighted by molar-refractivity contribution is 7.98. The fraction of sp³-hybridized carbons (Fsp3) is 0.200. The van der Waals surface area contributed by atoms with E-state index < -0.39 is 0 Å². The van der Waals surface area contributed by atoms with Crippen LogP contribution in [-0.4, -0.2) is 14.5 Å². The Morgan fingerprint density at radius 2 is 2.21 bits per heavy atom. The molecule has 0 spiro atoms. The molecule has 0 fully saturated rings. The summed E-state index contributed by atoms with van der Waals surface area (Å²) in [6, 6.07) is 5.92. The SMILES string of the molecule is Cn1ccnc1CSc1ccccn1. The Kier molecular flexibility index (Phi) is 2.84. The summed E-state index contributed by atoms with van der Waals surface area (Å²) in [5, 5.41) is 1.04. The van der Waals surface area contributed by atoms with Crippen molar-refractivity contribution in [1.29, 1.82) is 0 Å². The van der Waals surface area contributed by atoms with Crippen molar-refractivity contribution >= 4 is 11.8 Å². The molecule has 0 unspecified atom stereocenters. The molecule has 0 N–H and O–H groups in total. The van der Waals surface area contributed by atoms with Gasteiger partial charge < -0.3 is 4.57 Å². The summed E-state index contributed by atoms with van der Waals surface area (Å²) in [4.78, 5) is 8.48. The monoisotopic (exact) mass is 205 g/mol. The van der Waals surface area contributed by atoms with Gasteiger partial charge in [-0.15, -0.1) is 0 Å². The number of pyridine rings is 1. The highest BCUT2D eigenvalue weighted by Gasteiger charge is 2.00. The molecule has 72 valence electrons. The summed E-state index contributed by atoms with van der Waals surface area (Å²) < 4.78 is 2.02. The van der Waals surface area contributed by atoms with Crippen LogP contribution in [0.25, 0.3) is 0 Å². The van der Waals surface area contributed by atoms with Crippen LogP contribution >= 0.6 is 11.8 Å². The molecule has 0 bridgehead atoms. The number of thioether (sulfide) groups is 1. The zero-order valence-electron chi connectivity index (χ0n) is 7.92. The van der Waals surface area contributed by atoms with Crippen LogP contribution in [0, 0.1) is 0 Å². The van der Waals surface area contributed by atoms with Crippen molar-refractivity contribution in [2.75, 3.05) is 0 Å². The average Bonchev–Trinajstić information content (AvgIpc) is 2.63. The van der Waals surface area contributed by atoms with Crippen molar-refractivity contribution in [3.8, 4) is 0 Å². The number of hydrogen-bond donors (Lipinski definition) is 0. The van der Waals surface area contributed by atoms with Crippen LogP contribution in [0.5, 0.6) is 0 Å². The van der Waals surface area contributed by atoms with Crippen LogP contribution in [0.15, 0.2) is 41.8 Å². The predicted octanol–water partition coefficient (Wildman–Crippen LogP) is 2.11. The maximum atomic E-state index is 4.25. The topological polar surface area (TPSA) is 30.7 Å². The fourth-order valence-electron chi connectivity index (χ4n) is 1.11. The maximum Gasteiger partial charge on any atom is 0.118 e. The Hall–Kier alpha value is -1.29. The van der Waals surface area contributed by atoms with E-state index in [0.29, 0.717) is 0 Å². The Bertz CT molecular complexity index is 397. The minimum Gasteiger partial charge on any atom is -0.337 e. The van der Waals surface area contributed by atoms with Crippen LogP contribution in [0.1, 0.15) is 5.82 Å². The van der Waals surface area contributed by atoms with E-state index in [2.05, 4.69) is 9.97 Å². The average molecular weight is 205 g/mol. The molecule has 0 aliphatic carbocycles. The van der Waals surface area contributed by atoms with E-state index in [-0.39, 0.29) is 0 Å². The van der Waals surface area contributed by atoms with E-state index in [0.717, 1.165) is 16.6 Å². The van der Waals surface area contributed by atoms with Gasteiger partial charge in [0.1, 0.15) is 5.82 Å². The van der Waals surface area contributed by atoms with E-state index in [1.165, 1.54) is 0 Å². The third-order valence-corrected chi connectivity index (χ3v) is 2.85. The number of aromatic nitrogens is 3. The summed E-state index contributed by atoms with van der Waals surface area (Å²) >= 11 is 1.70. The zero-order chi connectivity index (χ0) is 9.80. The smallest absolute Gasteiger partial charge is 0.118 e. The molecule has 4 heteroatoms. The molecule has 0 atom stereocenters. The Labute approximate surface area is 87.2 Å². The molecule has 0 radical (unpaired) electrons. The molecule has 0 aliphatic rings. The molecule has 0 aliphatic heterocycles. The molecule has 3 nitrogen and oxygen atoms in total. The first-order chi connectivity index (χ1) is 6.86. The second kappa shape index (κ2) is 4.28. The lowest BCUT2D eigenvalue weighted by Crippen LogP contribution is -1.94. The first-order valence-electron chi connectivity index (χ1n) is 4.36. The molecule has 0 saturated heterocycles. The highest BCUT2D eigenvalue weighted by atomic mass is 32.2. The van der Waals surface area contributed by atoms with Gasteiger partial charge in [0, 0.05) is 25.6 Å². The first-order valence-corrected chi connectivity index (χ1v) is 5.35. The van der Waals surface area contributed by atoms with E-state index in [1.54, 1.807) is 18.0 Å². The molecule has 0 aromatic carbocycles. The molecular formula is C10H11N3S. The van der Waals surface area contributed by atoms with Gasteiger partial charge in [0.15, 0.2) is 0 Å². The highest BCUT2D eigenvalue weighted by Crippen LogP contribution is 2.18. The third-order valence-electron chi connectivity index (χ3n) is 1.91. The predicted molar refractivity (Wildman–Crippen MR) is 57.0 cm³/mol. The van der Waals surface area contributed by atoms with Gasteiger partial charge in [-0.25, -0.2) is 9.97 Å². The van der Waals surface area contributed by atoms with Gasteiger partial charge in [-0.2, -0.15) is 0 Å². The molecule has 2 heterocycles. The van der Waals surface area contributed by atoms with Gasteiger partial charge in [-0.3, -0.25) is 0 Å². The van der Waals surface area contributed by atoms with E-state index >= 15 is 0 Å². The number of rotatable bonds is 3. The summed E-state index contributed by atoms with van der Waals surface area (Å²) in [5.74, 6) is 1.93. The minimum absolute atomic E-state index is 0.862. The molecular weight excluding hydrogens is 194 g/mol. The van der Waals surface area contributed by atoms with Crippen molar-refractivity contribution in [3.05, 3.63) is 42.6 Å². The van der Waals surface area contributed by atoms with Gasteiger partial charge in [-0.1, -0.05) is 17.8 Å². The summed E-state index contributed by atoms with van der Waals surface area (Å²) in [6.45, 7) is 0. The van der Waals surface area contributed by atoms with Gasteiger partial charge in [0.05, 0.1) is 10.8 Å². The van der Waals surface area contributed by atoms with Crippen LogP contribution in [0.4, 0.5) is 0 Å². The largest absolute Gasteiger partial charge is 0.337 e. The van der Waals surface area contributed by atoms with Crippen molar-refractivity contribution in [3.63, 3.8) is 0 Å². The minimum atomic E-state index is 0.862. The van der Waals surface area contributed by atoms with Gasteiger partial charge >= 0.3 is 0 Å².